The van der Waals surface area contributed by atoms with Crippen LogP contribution in [0.3, 0.4) is 0 Å². The van der Waals surface area contributed by atoms with Gasteiger partial charge in [0, 0.05) is 6.20 Å². The third kappa shape index (κ3) is 4.97. The number of hydrogen-bond acceptors (Lipinski definition) is 7. The number of ether oxygens (including phenoxy) is 3. The second kappa shape index (κ2) is 10.3. The minimum absolute atomic E-state index is 0.0555. The third-order valence-electron chi connectivity index (χ3n) is 7.49. The molecule has 5 rings (SSSR count). The Kier molecular flexibility index (Phi) is 7.29. The fourth-order valence-corrected chi connectivity index (χ4v) is 10.4. The number of hydrogen-bond donors (Lipinski definition) is 2. The molecule has 2 N–H and O–H groups in total. The van der Waals surface area contributed by atoms with Crippen molar-refractivity contribution in [2.45, 2.75) is 76.6 Å². The summed E-state index contributed by atoms with van der Waals surface area (Å²) in [5.74, 6) is -0.904. The molecule has 0 unspecified atom stereocenters. The van der Waals surface area contributed by atoms with E-state index in [4.69, 9.17) is 18.6 Å². The van der Waals surface area contributed by atoms with Gasteiger partial charge in [-0.1, -0.05) is 81.4 Å². The molecular weight excluding hydrogens is 516 g/mol. The highest BCUT2D eigenvalue weighted by Gasteiger charge is 2.58. The average Bonchev–Trinajstić information content (AvgIpc) is 3.38. The summed E-state index contributed by atoms with van der Waals surface area (Å²) in [6, 6.07) is 20.6. The van der Waals surface area contributed by atoms with Crippen LogP contribution >= 0.6 is 0 Å². The van der Waals surface area contributed by atoms with Crippen molar-refractivity contribution in [2.75, 3.05) is 6.61 Å². The summed E-state index contributed by atoms with van der Waals surface area (Å²) in [5, 5.41) is 11.7. The van der Waals surface area contributed by atoms with E-state index in [1.54, 1.807) is 0 Å². The summed E-state index contributed by atoms with van der Waals surface area (Å²) < 4.78 is 27.2. The summed E-state index contributed by atoms with van der Waals surface area (Å²) in [6.45, 7) is 9.93. The molecule has 9 nitrogen and oxygen atoms in total. The van der Waals surface area contributed by atoms with Gasteiger partial charge in [0.25, 0.3) is 13.9 Å². The lowest BCUT2D eigenvalue weighted by Gasteiger charge is -2.43. The minimum atomic E-state index is -2.86. The second-order valence-electron chi connectivity index (χ2n) is 11.6. The van der Waals surface area contributed by atoms with E-state index in [-0.39, 0.29) is 17.2 Å². The first kappa shape index (κ1) is 27.7. The summed E-state index contributed by atoms with van der Waals surface area (Å²) in [4.78, 5) is 27.1. The number of H-pyrrole nitrogens is 1. The zero-order chi connectivity index (χ0) is 28.0. The lowest BCUT2D eigenvalue weighted by molar-refractivity contribution is -0.200. The predicted molar refractivity (Wildman–Crippen MR) is 149 cm³/mol. The van der Waals surface area contributed by atoms with Crippen LogP contribution in [0.2, 0.25) is 5.04 Å². The van der Waals surface area contributed by atoms with Crippen molar-refractivity contribution < 1.29 is 23.7 Å². The molecule has 2 saturated heterocycles. The number of benzene rings is 2. The first-order chi connectivity index (χ1) is 18.5. The van der Waals surface area contributed by atoms with E-state index >= 15 is 0 Å². The average molecular weight is 553 g/mol. The van der Waals surface area contributed by atoms with Crippen LogP contribution in [0.15, 0.2) is 76.4 Å². The molecular formula is C29H36N2O7Si. The molecule has 3 aromatic rings. The molecule has 10 heteroatoms. The Labute approximate surface area is 228 Å². The van der Waals surface area contributed by atoms with Gasteiger partial charge in [-0.15, -0.1) is 0 Å². The van der Waals surface area contributed by atoms with Crippen LogP contribution in [0.4, 0.5) is 0 Å². The van der Waals surface area contributed by atoms with Crippen molar-refractivity contribution in [3.05, 3.63) is 93.3 Å². The highest BCUT2D eigenvalue weighted by atomic mass is 28.4. The van der Waals surface area contributed by atoms with Gasteiger partial charge in [0.2, 0.25) is 0 Å². The van der Waals surface area contributed by atoms with Crippen molar-refractivity contribution in [1.82, 2.24) is 9.55 Å². The lowest BCUT2D eigenvalue weighted by Crippen LogP contribution is -2.67. The normalized spacial score (nSPS) is 24.6. The van der Waals surface area contributed by atoms with E-state index in [2.05, 4.69) is 50.0 Å². The maximum absolute atomic E-state index is 12.8. The number of aliphatic hydroxyl groups is 1. The molecule has 4 atom stereocenters. The molecule has 0 amide bonds. The Hall–Kier alpha value is -2.86. The largest absolute Gasteiger partial charge is 0.405 e. The van der Waals surface area contributed by atoms with Gasteiger partial charge in [-0.3, -0.25) is 14.3 Å². The molecule has 0 aliphatic carbocycles. The molecule has 2 fully saturated rings. The number of aliphatic hydroxyl groups excluding tert-OH is 1. The van der Waals surface area contributed by atoms with E-state index < -0.39 is 56.5 Å². The first-order valence-corrected chi connectivity index (χ1v) is 15.1. The van der Waals surface area contributed by atoms with Crippen molar-refractivity contribution in [3.8, 4) is 0 Å². The van der Waals surface area contributed by atoms with Crippen molar-refractivity contribution in [1.29, 1.82) is 0 Å². The fourth-order valence-electron chi connectivity index (χ4n) is 5.81. The van der Waals surface area contributed by atoms with Crippen LogP contribution in [0.25, 0.3) is 0 Å². The van der Waals surface area contributed by atoms with Crippen molar-refractivity contribution in [3.63, 3.8) is 0 Å². The maximum Gasteiger partial charge on any atom is 0.330 e. The van der Waals surface area contributed by atoms with Gasteiger partial charge in [-0.25, -0.2) is 4.79 Å². The Morgan fingerprint density at radius 2 is 1.54 bits per heavy atom. The highest BCUT2D eigenvalue weighted by Crippen LogP contribution is 2.44. The molecule has 0 spiro atoms. The second-order valence-corrected chi connectivity index (χ2v) is 15.9. The number of nitrogens with one attached hydrogen (secondary N) is 1. The standard InChI is InChI=1S/C29H36N2O7Si/c1-28(2,3)39(20-12-8-6-9-13-20,21-14-10-7-11-15-21)35-18-22-23-24(38-29(4,5)37-23)26(36-22)31-16-19(17-32)25(33)30-27(31)34/h6-16,22-24,26,32H,17-18H2,1-5H3,(H,30,33,34)/t22-,23-,24-,26-/m1/s1. The Balaban J connectivity index is 1.54. The summed E-state index contributed by atoms with van der Waals surface area (Å²) in [6.07, 6.45) is -1.25. The van der Waals surface area contributed by atoms with Crippen LogP contribution in [-0.2, 0) is 25.2 Å². The molecule has 0 saturated carbocycles. The van der Waals surface area contributed by atoms with Gasteiger partial charge in [-0.05, 0) is 29.3 Å². The number of nitrogens with zero attached hydrogens (tertiary/aromatic N) is 1. The summed E-state index contributed by atoms with van der Waals surface area (Å²) in [5.41, 5.74) is -1.23. The lowest BCUT2D eigenvalue weighted by atomic mass is 10.1. The van der Waals surface area contributed by atoms with Crippen LogP contribution in [0.5, 0.6) is 0 Å². The number of aromatic nitrogens is 2. The highest BCUT2D eigenvalue weighted by molar-refractivity contribution is 6.99. The Morgan fingerprint density at radius 3 is 2.08 bits per heavy atom. The van der Waals surface area contributed by atoms with Crippen LogP contribution < -0.4 is 21.6 Å². The van der Waals surface area contributed by atoms with Crippen LogP contribution in [-0.4, -0.2) is 53.7 Å². The predicted octanol–water partition coefficient (Wildman–Crippen LogP) is 2.02. The Morgan fingerprint density at radius 1 is 0.974 bits per heavy atom. The number of fused-ring (bicyclic) bond motifs is 1. The summed E-state index contributed by atoms with van der Waals surface area (Å²) >= 11 is 0. The van der Waals surface area contributed by atoms with Crippen molar-refractivity contribution >= 4 is 18.7 Å². The third-order valence-corrected chi connectivity index (χ3v) is 12.5. The van der Waals surface area contributed by atoms with Gasteiger partial charge in [0.05, 0.1) is 18.8 Å². The van der Waals surface area contributed by atoms with Gasteiger partial charge in [0.15, 0.2) is 12.0 Å². The summed E-state index contributed by atoms with van der Waals surface area (Å²) in [7, 11) is -2.86. The first-order valence-electron chi connectivity index (χ1n) is 13.2. The van der Waals surface area contributed by atoms with Crippen molar-refractivity contribution in [2.24, 2.45) is 0 Å². The molecule has 208 valence electrons. The Bertz CT molecular complexity index is 1380. The van der Waals surface area contributed by atoms with Gasteiger partial charge in [0.1, 0.15) is 18.3 Å². The minimum Gasteiger partial charge on any atom is -0.405 e. The number of aromatic amines is 1. The fraction of sp³-hybridized carbons (Fsp3) is 0.448. The topological polar surface area (TPSA) is 112 Å². The molecule has 39 heavy (non-hydrogen) atoms. The smallest absolute Gasteiger partial charge is 0.330 e. The quantitative estimate of drug-likeness (QED) is 0.432. The molecule has 0 radical (unpaired) electrons. The molecule has 0 bridgehead atoms. The molecule has 2 aliphatic heterocycles. The zero-order valence-corrected chi connectivity index (χ0v) is 23.9. The van der Waals surface area contributed by atoms with Gasteiger partial charge in [-0.2, -0.15) is 0 Å². The van der Waals surface area contributed by atoms with Gasteiger partial charge < -0.3 is 23.7 Å². The van der Waals surface area contributed by atoms with E-state index in [0.717, 1.165) is 10.4 Å². The SMILES string of the molecule is CC1(C)O[C@@H]2[C@H](O1)[C@@H](CO[Si](c1ccccc1)(c1ccccc1)C(C)(C)C)O[C@H]2n1cc(CO)c(=O)[nH]c1=O. The molecule has 2 aliphatic rings. The van der Waals surface area contributed by atoms with E-state index in [1.165, 1.54) is 10.8 Å². The van der Waals surface area contributed by atoms with Crippen LogP contribution in [0.1, 0.15) is 46.4 Å². The van der Waals surface area contributed by atoms with E-state index in [0.29, 0.717) is 0 Å². The van der Waals surface area contributed by atoms with E-state index in [9.17, 15) is 14.7 Å². The monoisotopic (exact) mass is 552 g/mol. The van der Waals surface area contributed by atoms with Crippen LogP contribution in [0, 0.1) is 0 Å². The zero-order valence-electron chi connectivity index (χ0n) is 22.9. The molecule has 2 aromatic carbocycles. The molecule has 3 heterocycles. The number of rotatable bonds is 7. The van der Waals surface area contributed by atoms with Gasteiger partial charge >= 0.3 is 5.69 Å². The van der Waals surface area contributed by atoms with E-state index in [1.807, 2.05) is 50.2 Å². The maximum atomic E-state index is 12.8. The molecule has 1 aromatic heterocycles.